The van der Waals surface area contributed by atoms with Gasteiger partial charge in [0.2, 0.25) is 0 Å². The van der Waals surface area contributed by atoms with Crippen LogP contribution in [0.25, 0.3) is 0 Å². The highest BCUT2D eigenvalue weighted by molar-refractivity contribution is 7.80. The van der Waals surface area contributed by atoms with Crippen molar-refractivity contribution in [3.8, 4) is 5.75 Å². The summed E-state index contributed by atoms with van der Waals surface area (Å²) >= 11 is 5.15. The molecular weight excluding hydrogens is 336 g/mol. The van der Waals surface area contributed by atoms with Crippen molar-refractivity contribution in [2.75, 3.05) is 40.0 Å². The molecule has 0 bridgehead atoms. The van der Waals surface area contributed by atoms with Gasteiger partial charge < -0.3 is 14.8 Å². The summed E-state index contributed by atoms with van der Waals surface area (Å²) in [6.07, 6.45) is 1.74. The monoisotopic (exact) mass is 362 g/mol. The van der Waals surface area contributed by atoms with Crippen LogP contribution in [0.15, 0.2) is 36.0 Å². The Morgan fingerprint density at radius 3 is 2.88 bits per heavy atom. The highest BCUT2D eigenvalue weighted by atomic mass is 32.1. The van der Waals surface area contributed by atoms with Gasteiger partial charge in [0.25, 0.3) is 0 Å². The Bertz CT molecular complexity index is 628. The van der Waals surface area contributed by atoms with Gasteiger partial charge in [0.1, 0.15) is 5.75 Å². The van der Waals surface area contributed by atoms with Crippen LogP contribution in [0, 0.1) is 0 Å². The lowest BCUT2D eigenvalue weighted by Crippen LogP contribution is -2.35. The first kappa shape index (κ1) is 19.4. The van der Waals surface area contributed by atoms with Crippen molar-refractivity contribution in [3.63, 3.8) is 0 Å². The molecule has 0 aliphatic carbocycles. The summed E-state index contributed by atoms with van der Waals surface area (Å²) in [7, 11) is 1.70. The van der Waals surface area contributed by atoms with Gasteiger partial charge >= 0.3 is 0 Å². The molecule has 1 saturated heterocycles. The Balaban J connectivity index is 2.08. The van der Waals surface area contributed by atoms with Crippen LogP contribution in [0.2, 0.25) is 0 Å². The fourth-order valence-corrected chi connectivity index (χ4v) is 2.66. The van der Waals surface area contributed by atoms with Crippen LogP contribution in [0.4, 0.5) is 0 Å². The zero-order valence-corrected chi connectivity index (χ0v) is 15.7. The van der Waals surface area contributed by atoms with E-state index in [2.05, 4.69) is 33.4 Å². The maximum atomic E-state index is 5.51. The summed E-state index contributed by atoms with van der Waals surface area (Å²) in [5.41, 5.74) is 5.88. The number of hydrazone groups is 1. The van der Waals surface area contributed by atoms with Crippen LogP contribution in [0.3, 0.4) is 0 Å². The van der Waals surface area contributed by atoms with Gasteiger partial charge in [-0.05, 0) is 42.9 Å². The molecule has 1 aliphatic heterocycles. The van der Waals surface area contributed by atoms with E-state index in [-0.39, 0.29) is 0 Å². The van der Waals surface area contributed by atoms with E-state index in [4.69, 9.17) is 21.7 Å². The first-order valence-corrected chi connectivity index (χ1v) is 8.71. The summed E-state index contributed by atoms with van der Waals surface area (Å²) in [4.78, 5) is 2.37. The molecule has 0 saturated carbocycles. The molecule has 1 fully saturated rings. The van der Waals surface area contributed by atoms with E-state index in [0.29, 0.717) is 11.7 Å². The maximum Gasteiger partial charge on any atom is 0.187 e. The molecule has 2 rings (SSSR count). The number of morpholine rings is 1. The van der Waals surface area contributed by atoms with E-state index >= 15 is 0 Å². The van der Waals surface area contributed by atoms with Gasteiger partial charge in [-0.2, -0.15) is 5.10 Å². The predicted octanol–water partition coefficient (Wildman–Crippen LogP) is 1.90. The van der Waals surface area contributed by atoms with Gasteiger partial charge in [0, 0.05) is 31.7 Å². The maximum absolute atomic E-state index is 5.51. The molecule has 136 valence electrons. The third kappa shape index (κ3) is 6.12. The first-order valence-electron chi connectivity index (χ1n) is 8.30. The van der Waals surface area contributed by atoms with E-state index in [1.807, 2.05) is 19.1 Å². The zero-order chi connectivity index (χ0) is 18.1. The second-order valence-electron chi connectivity index (χ2n) is 5.72. The lowest BCUT2D eigenvalue weighted by atomic mass is 10.1. The number of methoxy groups -OCH3 is 1. The van der Waals surface area contributed by atoms with Gasteiger partial charge in [0.15, 0.2) is 5.11 Å². The first-order chi connectivity index (χ1) is 12.1. The third-order valence-corrected chi connectivity index (χ3v) is 4.16. The van der Waals surface area contributed by atoms with E-state index in [9.17, 15) is 0 Å². The van der Waals surface area contributed by atoms with Crippen molar-refractivity contribution in [3.05, 3.63) is 42.0 Å². The van der Waals surface area contributed by atoms with Gasteiger partial charge in [-0.3, -0.25) is 10.3 Å². The van der Waals surface area contributed by atoms with Crippen molar-refractivity contribution in [2.45, 2.75) is 13.5 Å². The van der Waals surface area contributed by atoms with Gasteiger partial charge in [-0.25, -0.2) is 0 Å². The average molecular weight is 362 g/mol. The number of thiocarbonyl (C=S) groups is 1. The fraction of sp³-hybridized carbons (Fsp3) is 0.444. The summed E-state index contributed by atoms with van der Waals surface area (Å²) in [6.45, 7) is 10.5. The molecule has 0 amide bonds. The molecule has 0 atom stereocenters. The summed E-state index contributed by atoms with van der Waals surface area (Å²) in [5.74, 6) is 0.888. The quantitative estimate of drug-likeness (QED) is 0.334. The molecule has 25 heavy (non-hydrogen) atoms. The van der Waals surface area contributed by atoms with Crippen molar-refractivity contribution in [1.82, 2.24) is 15.6 Å². The van der Waals surface area contributed by atoms with Crippen LogP contribution in [0.1, 0.15) is 18.1 Å². The molecule has 0 aromatic heterocycles. The molecule has 0 radical (unpaired) electrons. The van der Waals surface area contributed by atoms with Crippen LogP contribution in [-0.2, 0) is 11.3 Å². The zero-order valence-electron chi connectivity index (χ0n) is 14.9. The Hall–Kier alpha value is -1.96. The number of hydrogen-bond donors (Lipinski definition) is 2. The van der Waals surface area contributed by atoms with Gasteiger partial charge in [-0.15, -0.1) is 6.58 Å². The normalized spacial score (nSPS) is 15.5. The second kappa shape index (κ2) is 10.1. The molecule has 7 heteroatoms. The molecule has 1 heterocycles. The van der Waals surface area contributed by atoms with Crippen LogP contribution < -0.4 is 15.5 Å². The Morgan fingerprint density at radius 2 is 2.20 bits per heavy atom. The van der Waals surface area contributed by atoms with Crippen molar-refractivity contribution >= 4 is 23.0 Å². The number of hydrogen-bond acceptors (Lipinski definition) is 5. The van der Waals surface area contributed by atoms with E-state index in [1.54, 1.807) is 13.2 Å². The van der Waals surface area contributed by atoms with Crippen molar-refractivity contribution in [2.24, 2.45) is 5.10 Å². The van der Waals surface area contributed by atoms with E-state index < -0.39 is 0 Å². The molecular formula is C18H26N4O2S. The van der Waals surface area contributed by atoms with E-state index in [1.165, 1.54) is 0 Å². The third-order valence-electron chi connectivity index (χ3n) is 3.93. The standard InChI is InChI=1S/C18H26N4O2S/c1-4-7-19-18(25)21-20-14(2)15-5-6-17(23-3)16(12-15)13-22-8-10-24-11-9-22/h4-6,12H,1,7-11,13H2,2-3H3,(H2,19,21,25)/b20-14-. The minimum atomic E-state index is 0.473. The Labute approximate surface area is 154 Å². The highest BCUT2D eigenvalue weighted by Crippen LogP contribution is 2.22. The molecule has 1 aromatic carbocycles. The molecule has 1 aromatic rings. The minimum Gasteiger partial charge on any atom is -0.496 e. The summed E-state index contributed by atoms with van der Waals surface area (Å²) in [5, 5.41) is 7.80. The number of ether oxygens (including phenoxy) is 2. The Kier molecular flexibility index (Phi) is 7.84. The van der Waals surface area contributed by atoms with E-state index in [0.717, 1.165) is 55.4 Å². The number of benzene rings is 1. The molecule has 0 unspecified atom stereocenters. The minimum absolute atomic E-state index is 0.473. The smallest absolute Gasteiger partial charge is 0.187 e. The topological polar surface area (TPSA) is 58.1 Å². The summed E-state index contributed by atoms with van der Waals surface area (Å²) in [6, 6.07) is 6.11. The molecule has 2 N–H and O–H groups in total. The number of nitrogens with zero attached hydrogens (tertiary/aromatic N) is 2. The Morgan fingerprint density at radius 1 is 1.44 bits per heavy atom. The average Bonchev–Trinajstić information content (AvgIpc) is 2.65. The van der Waals surface area contributed by atoms with Crippen molar-refractivity contribution < 1.29 is 9.47 Å². The van der Waals surface area contributed by atoms with Gasteiger partial charge in [0.05, 0.1) is 26.0 Å². The lowest BCUT2D eigenvalue weighted by Gasteiger charge is -2.27. The summed E-state index contributed by atoms with van der Waals surface area (Å²) < 4.78 is 10.9. The molecule has 0 spiro atoms. The molecule has 6 nitrogen and oxygen atoms in total. The highest BCUT2D eigenvalue weighted by Gasteiger charge is 2.14. The fourth-order valence-electron chi connectivity index (χ4n) is 2.53. The van der Waals surface area contributed by atoms with Crippen LogP contribution in [0.5, 0.6) is 5.75 Å². The largest absolute Gasteiger partial charge is 0.496 e. The predicted molar refractivity (Wildman–Crippen MR) is 105 cm³/mol. The number of nitrogens with one attached hydrogen (secondary N) is 2. The SMILES string of the molecule is C=CCNC(=S)N/N=C(/C)c1ccc(OC)c(CN2CCOCC2)c1. The van der Waals surface area contributed by atoms with Gasteiger partial charge in [-0.1, -0.05) is 6.08 Å². The van der Waals surface area contributed by atoms with Crippen molar-refractivity contribution in [1.29, 1.82) is 0 Å². The van der Waals surface area contributed by atoms with Crippen LogP contribution >= 0.6 is 12.2 Å². The second-order valence-corrected chi connectivity index (χ2v) is 6.13. The lowest BCUT2D eigenvalue weighted by molar-refractivity contribution is 0.0339. The number of rotatable bonds is 7. The molecule has 1 aliphatic rings. The van der Waals surface area contributed by atoms with Crippen LogP contribution in [-0.4, -0.2) is 55.7 Å².